The van der Waals surface area contributed by atoms with Crippen molar-refractivity contribution in [1.29, 1.82) is 0 Å². The van der Waals surface area contributed by atoms with Gasteiger partial charge in [-0.15, -0.1) is 0 Å². The van der Waals surface area contributed by atoms with E-state index in [4.69, 9.17) is 4.74 Å². The number of benzene rings is 1. The zero-order valence-corrected chi connectivity index (χ0v) is 19.1. The number of nitrogens with zero attached hydrogens (tertiary/aromatic N) is 3. The van der Waals surface area contributed by atoms with Crippen LogP contribution in [0.4, 0.5) is 0 Å². The fourth-order valence-electron chi connectivity index (χ4n) is 3.19. The van der Waals surface area contributed by atoms with Gasteiger partial charge in [-0.2, -0.15) is 9.40 Å². The Morgan fingerprint density at radius 1 is 1.10 bits per heavy atom. The predicted molar refractivity (Wildman–Crippen MR) is 113 cm³/mol. The van der Waals surface area contributed by atoms with Crippen LogP contribution in [0.2, 0.25) is 0 Å². The molecule has 0 aliphatic rings. The highest BCUT2D eigenvalue weighted by atomic mass is 32.2. The Labute approximate surface area is 173 Å². The lowest BCUT2D eigenvalue weighted by atomic mass is 9.87. The van der Waals surface area contributed by atoms with Crippen LogP contribution in [0.1, 0.15) is 56.4 Å². The molecule has 1 aromatic carbocycles. The van der Waals surface area contributed by atoms with Crippen LogP contribution in [0.25, 0.3) is 0 Å². The Morgan fingerprint density at radius 2 is 1.66 bits per heavy atom. The SMILES string of the molecule is CCN(CC)S(=O)(=O)c1c(C)nn(C(=O)COc2ccc(C(C)(C)C)cc2)c1C. The Bertz CT molecular complexity index is 967. The van der Waals surface area contributed by atoms with Crippen molar-refractivity contribution in [1.82, 2.24) is 14.1 Å². The van der Waals surface area contributed by atoms with Gasteiger partial charge < -0.3 is 4.74 Å². The number of sulfonamides is 1. The average Bonchev–Trinajstić information content (AvgIpc) is 2.95. The highest BCUT2D eigenvalue weighted by Crippen LogP contribution is 2.25. The summed E-state index contributed by atoms with van der Waals surface area (Å²) in [7, 11) is -3.70. The summed E-state index contributed by atoms with van der Waals surface area (Å²) in [4.78, 5) is 12.7. The summed E-state index contributed by atoms with van der Waals surface area (Å²) in [5.74, 6) is 0.148. The third-order valence-corrected chi connectivity index (χ3v) is 7.15. The van der Waals surface area contributed by atoms with E-state index in [0.717, 1.165) is 4.68 Å². The summed E-state index contributed by atoms with van der Waals surface area (Å²) in [5, 5.41) is 4.17. The van der Waals surface area contributed by atoms with Gasteiger partial charge >= 0.3 is 0 Å². The van der Waals surface area contributed by atoms with Crippen molar-refractivity contribution in [2.75, 3.05) is 19.7 Å². The van der Waals surface area contributed by atoms with E-state index in [1.807, 2.05) is 24.3 Å². The van der Waals surface area contributed by atoms with Gasteiger partial charge in [-0.1, -0.05) is 46.8 Å². The number of carbonyl (C=O) groups excluding carboxylic acids is 1. The van der Waals surface area contributed by atoms with E-state index in [9.17, 15) is 13.2 Å². The standard InChI is InChI=1S/C21H31N3O4S/c1-8-23(9-2)29(26,27)20-15(3)22-24(16(20)4)19(25)14-28-18-12-10-17(11-13-18)21(5,6)7/h10-13H,8-9,14H2,1-7H3. The van der Waals surface area contributed by atoms with Gasteiger partial charge in [0.2, 0.25) is 10.0 Å². The van der Waals surface area contributed by atoms with Crippen molar-refractivity contribution in [2.45, 2.75) is 58.8 Å². The molecule has 29 heavy (non-hydrogen) atoms. The predicted octanol–water partition coefficient (Wildman–Crippen LogP) is 3.55. The third-order valence-electron chi connectivity index (χ3n) is 4.85. The quantitative estimate of drug-likeness (QED) is 0.683. The molecule has 0 radical (unpaired) electrons. The molecule has 0 N–H and O–H groups in total. The van der Waals surface area contributed by atoms with Gasteiger partial charge in [0.15, 0.2) is 6.61 Å². The minimum absolute atomic E-state index is 0.0325. The van der Waals surface area contributed by atoms with Gasteiger partial charge in [-0.05, 0) is 37.0 Å². The molecule has 0 spiro atoms. The normalized spacial score (nSPS) is 12.4. The van der Waals surface area contributed by atoms with E-state index in [1.165, 1.54) is 9.87 Å². The van der Waals surface area contributed by atoms with Crippen molar-refractivity contribution in [2.24, 2.45) is 0 Å². The number of hydrogen-bond donors (Lipinski definition) is 0. The first kappa shape index (κ1) is 23.1. The molecule has 0 bridgehead atoms. The van der Waals surface area contributed by atoms with E-state index in [-0.39, 0.29) is 16.9 Å². The molecule has 0 fully saturated rings. The second-order valence-corrected chi connectivity index (χ2v) is 9.83. The zero-order chi connectivity index (χ0) is 22.0. The highest BCUT2D eigenvalue weighted by molar-refractivity contribution is 7.89. The molecule has 1 aromatic heterocycles. The molecule has 0 unspecified atom stereocenters. The lowest BCUT2D eigenvalue weighted by Crippen LogP contribution is -2.31. The maximum atomic E-state index is 12.9. The molecule has 2 aromatic rings. The van der Waals surface area contributed by atoms with Crippen molar-refractivity contribution in [3.8, 4) is 5.75 Å². The minimum atomic E-state index is -3.70. The number of carbonyl (C=O) groups is 1. The fraction of sp³-hybridized carbons (Fsp3) is 0.524. The number of aromatic nitrogens is 2. The second kappa shape index (κ2) is 8.67. The Kier molecular flexibility index (Phi) is 6.90. The first-order valence-electron chi connectivity index (χ1n) is 9.76. The van der Waals surface area contributed by atoms with Gasteiger partial charge in [-0.3, -0.25) is 4.79 Å². The van der Waals surface area contributed by atoms with Crippen LogP contribution in [0.3, 0.4) is 0 Å². The Balaban J connectivity index is 2.21. The van der Waals surface area contributed by atoms with Crippen LogP contribution in [-0.4, -0.2) is 48.1 Å². The first-order valence-corrected chi connectivity index (χ1v) is 11.2. The highest BCUT2D eigenvalue weighted by Gasteiger charge is 2.30. The summed E-state index contributed by atoms with van der Waals surface area (Å²) in [6.45, 7) is 13.6. The van der Waals surface area contributed by atoms with E-state index in [1.54, 1.807) is 27.7 Å². The van der Waals surface area contributed by atoms with Crippen LogP contribution < -0.4 is 4.74 Å². The molecule has 0 aliphatic carbocycles. The van der Waals surface area contributed by atoms with Crippen LogP contribution in [0.15, 0.2) is 29.2 Å². The third kappa shape index (κ3) is 4.87. The maximum absolute atomic E-state index is 12.9. The summed E-state index contributed by atoms with van der Waals surface area (Å²) in [6.07, 6.45) is 0. The molecule has 7 nitrogen and oxygen atoms in total. The van der Waals surface area contributed by atoms with Crippen LogP contribution in [-0.2, 0) is 15.4 Å². The van der Waals surface area contributed by atoms with Crippen LogP contribution >= 0.6 is 0 Å². The number of aryl methyl sites for hydroxylation is 1. The van der Waals surface area contributed by atoms with Crippen molar-refractivity contribution in [3.05, 3.63) is 41.2 Å². The summed E-state index contributed by atoms with van der Waals surface area (Å²) >= 11 is 0. The lowest BCUT2D eigenvalue weighted by molar-refractivity contribution is 0.0817. The molecule has 160 valence electrons. The second-order valence-electron chi connectivity index (χ2n) is 7.96. The Morgan fingerprint density at radius 3 is 2.14 bits per heavy atom. The van der Waals surface area contributed by atoms with E-state index in [2.05, 4.69) is 25.9 Å². The van der Waals surface area contributed by atoms with Crippen molar-refractivity contribution >= 4 is 15.9 Å². The summed E-state index contributed by atoms with van der Waals surface area (Å²) in [6, 6.07) is 7.59. The van der Waals surface area contributed by atoms with Crippen LogP contribution in [0, 0.1) is 13.8 Å². The number of rotatable bonds is 7. The van der Waals surface area contributed by atoms with Gasteiger partial charge in [0.1, 0.15) is 10.6 Å². The topological polar surface area (TPSA) is 81.5 Å². The molecule has 0 atom stereocenters. The zero-order valence-electron chi connectivity index (χ0n) is 18.3. The lowest BCUT2D eigenvalue weighted by Gasteiger charge is -2.19. The first-order chi connectivity index (χ1) is 13.4. The van der Waals surface area contributed by atoms with Crippen molar-refractivity contribution in [3.63, 3.8) is 0 Å². The van der Waals surface area contributed by atoms with Crippen molar-refractivity contribution < 1.29 is 17.9 Å². The smallest absolute Gasteiger partial charge is 0.285 e. The molecule has 1 heterocycles. The molecular formula is C21H31N3O4S. The number of ether oxygens (including phenoxy) is 1. The maximum Gasteiger partial charge on any atom is 0.285 e. The van der Waals surface area contributed by atoms with Gasteiger partial charge in [0.25, 0.3) is 5.91 Å². The average molecular weight is 422 g/mol. The molecule has 0 saturated carbocycles. The van der Waals surface area contributed by atoms with E-state index in [0.29, 0.717) is 30.2 Å². The molecular weight excluding hydrogens is 390 g/mol. The fourth-order valence-corrected chi connectivity index (χ4v) is 5.01. The van der Waals surface area contributed by atoms with Crippen LogP contribution in [0.5, 0.6) is 5.75 Å². The molecule has 0 saturated heterocycles. The summed E-state index contributed by atoms with van der Waals surface area (Å²) in [5.41, 5.74) is 1.80. The van der Waals surface area contributed by atoms with E-state index >= 15 is 0 Å². The minimum Gasteiger partial charge on any atom is -0.484 e. The largest absolute Gasteiger partial charge is 0.484 e. The van der Waals surface area contributed by atoms with Gasteiger partial charge in [0, 0.05) is 13.1 Å². The molecule has 0 aliphatic heterocycles. The monoisotopic (exact) mass is 421 g/mol. The Hall–Kier alpha value is -2.19. The van der Waals surface area contributed by atoms with E-state index < -0.39 is 15.9 Å². The molecule has 8 heteroatoms. The van der Waals surface area contributed by atoms with Gasteiger partial charge in [-0.25, -0.2) is 13.1 Å². The van der Waals surface area contributed by atoms with Gasteiger partial charge in [0.05, 0.1) is 11.4 Å². The number of hydrogen-bond acceptors (Lipinski definition) is 5. The molecule has 0 amide bonds. The summed E-state index contributed by atoms with van der Waals surface area (Å²) < 4.78 is 33.9. The molecule has 2 rings (SSSR count).